The molecule has 0 radical (unpaired) electrons. The number of halogens is 1. The molecule has 82 valence electrons. The molecule has 0 aliphatic carbocycles. The zero-order valence-corrected chi connectivity index (χ0v) is 10.8. The molecule has 16 heavy (non-hydrogen) atoms. The van der Waals surface area contributed by atoms with Crippen LogP contribution < -0.4 is 5.56 Å². The highest BCUT2D eigenvalue weighted by Crippen LogP contribution is 2.28. The van der Waals surface area contributed by atoms with Gasteiger partial charge in [-0.3, -0.25) is 9.78 Å². The van der Waals surface area contributed by atoms with E-state index in [-0.39, 0.29) is 5.56 Å². The molecule has 1 saturated heterocycles. The monoisotopic (exact) mass is 296 g/mol. The molecule has 0 aromatic carbocycles. The second-order valence-electron chi connectivity index (χ2n) is 3.81. The van der Waals surface area contributed by atoms with Crippen LogP contribution >= 0.6 is 27.7 Å². The van der Waals surface area contributed by atoms with Gasteiger partial charge in [0.1, 0.15) is 0 Å². The predicted octanol–water partition coefficient (Wildman–Crippen LogP) is 2.45. The fourth-order valence-corrected chi connectivity index (χ4v) is 2.88. The first-order valence-electron chi connectivity index (χ1n) is 5.00. The van der Waals surface area contributed by atoms with Crippen molar-refractivity contribution in [2.45, 2.75) is 6.04 Å². The largest absolute Gasteiger partial charge is 0.310 e. The van der Waals surface area contributed by atoms with Crippen LogP contribution in [-0.2, 0) is 0 Å². The highest BCUT2D eigenvalue weighted by molar-refractivity contribution is 9.10. The van der Waals surface area contributed by atoms with E-state index in [1.165, 1.54) is 0 Å². The van der Waals surface area contributed by atoms with Gasteiger partial charge in [-0.25, -0.2) is 0 Å². The van der Waals surface area contributed by atoms with Crippen LogP contribution in [-0.4, -0.2) is 21.1 Å². The summed E-state index contributed by atoms with van der Waals surface area (Å²) in [6.45, 7) is 0. The van der Waals surface area contributed by atoms with Crippen LogP contribution in [0, 0.1) is 0 Å². The predicted molar refractivity (Wildman–Crippen MR) is 70.1 cm³/mol. The Balaban J connectivity index is 2.25. The molecular weight excluding hydrogens is 288 g/mol. The minimum Gasteiger partial charge on any atom is -0.310 e. The molecule has 3 rings (SSSR count). The lowest BCUT2D eigenvalue weighted by molar-refractivity contribution is 0.575. The summed E-state index contributed by atoms with van der Waals surface area (Å²) in [5.41, 5.74) is 0.827. The van der Waals surface area contributed by atoms with Crippen molar-refractivity contribution in [3.05, 3.63) is 39.4 Å². The second-order valence-corrected chi connectivity index (χ2v) is 5.80. The number of fused-ring (bicyclic) bond motifs is 1. The van der Waals surface area contributed by atoms with Crippen molar-refractivity contribution in [3.8, 4) is 0 Å². The van der Waals surface area contributed by atoms with Gasteiger partial charge in [0, 0.05) is 28.4 Å². The van der Waals surface area contributed by atoms with E-state index in [0.717, 1.165) is 21.5 Å². The zero-order valence-electron chi connectivity index (χ0n) is 8.39. The molecule has 5 heteroatoms. The van der Waals surface area contributed by atoms with Crippen molar-refractivity contribution in [1.82, 2.24) is 9.55 Å². The summed E-state index contributed by atoms with van der Waals surface area (Å²) in [7, 11) is 0. The molecule has 0 unspecified atom stereocenters. The summed E-state index contributed by atoms with van der Waals surface area (Å²) < 4.78 is 2.67. The minimum atomic E-state index is 0.0663. The molecule has 0 N–H and O–H groups in total. The topological polar surface area (TPSA) is 34.9 Å². The number of nitrogens with zero attached hydrogens (tertiary/aromatic N) is 2. The molecule has 3 nitrogen and oxygen atoms in total. The van der Waals surface area contributed by atoms with E-state index in [9.17, 15) is 4.79 Å². The van der Waals surface area contributed by atoms with Crippen LogP contribution in [0.4, 0.5) is 0 Å². The summed E-state index contributed by atoms with van der Waals surface area (Å²) in [6.07, 6.45) is 3.57. The fourth-order valence-electron chi connectivity index (χ4n) is 1.78. The standard InChI is InChI=1S/C11H9BrN2OS/c12-7-3-9-10(13-4-7)1-2-14(11(9)15)8-5-16-6-8/h1-4,8H,5-6H2. The van der Waals surface area contributed by atoms with Crippen LogP contribution in [0.3, 0.4) is 0 Å². The Bertz CT molecular complexity index is 606. The maximum atomic E-state index is 12.2. The smallest absolute Gasteiger partial charge is 0.260 e. The van der Waals surface area contributed by atoms with Gasteiger partial charge in [0.15, 0.2) is 0 Å². The molecular formula is C11H9BrN2OS. The quantitative estimate of drug-likeness (QED) is 0.811. The van der Waals surface area contributed by atoms with Crippen molar-refractivity contribution < 1.29 is 0 Å². The van der Waals surface area contributed by atoms with E-state index in [4.69, 9.17) is 0 Å². The van der Waals surface area contributed by atoms with Crippen molar-refractivity contribution >= 4 is 38.6 Å². The van der Waals surface area contributed by atoms with E-state index in [2.05, 4.69) is 20.9 Å². The Hall–Kier alpha value is -0.810. The average molecular weight is 297 g/mol. The molecule has 1 aliphatic rings. The van der Waals surface area contributed by atoms with E-state index < -0.39 is 0 Å². The van der Waals surface area contributed by atoms with Gasteiger partial charge in [0.2, 0.25) is 0 Å². The Morgan fingerprint density at radius 2 is 2.31 bits per heavy atom. The summed E-state index contributed by atoms with van der Waals surface area (Å²) in [5.74, 6) is 2.07. The number of hydrogen-bond donors (Lipinski definition) is 0. The maximum Gasteiger partial charge on any atom is 0.260 e. The van der Waals surface area contributed by atoms with Gasteiger partial charge in [-0.15, -0.1) is 0 Å². The van der Waals surface area contributed by atoms with Gasteiger partial charge in [-0.2, -0.15) is 11.8 Å². The van der Waals surface area contributed by atoms with Gasteiger partial charge in [0.05, 0.1) is 16.9 Å². The summed E-state index contributed by atoms with van der Waals surface area (Å²) in [6, 6.07) is 4.11. The highest BCUT2D eigenvalue weighted by Gasteiger charge is 2.21. The first kappa shape index (κ1) is 10.4. The van der Waals surface area contributed by atoms with Crippen molar-refractivity contribution in [1.29, 1.82) is 0 Å². The van der Waals surface area contributed by atoms with Gasteiger partial charge in [0.25, 0.3) is 5.56 Å². The lowest BCUT2D eigenvalue weighted by Gasteiger charge is -2.27. The van der Waals surface area contributed by atoms with Gasteiger partial charge < -0.3 is 4.57 Å². The Morgan fingerprint density at radius 3 is 3.00 bits per heavy atom. The second kappa shape index (κ2) is 3.89. The SMILES string of the molecule is O=c1c2cc(Br)cnc2ccn1C1CSC1. The normalized spacial score (nSPS) is 16.3. The first-order chi connectivity index (χ1) is 7.75. The van der Waals surface area contributed by atoms with E-state index in [1.807, 2.05) is 34.7 Å². The highest BCUT2D eigenvalue weighted by atomic mass is 79.9. The fraction of sp³-hybridized carbons (Fsp3) is 0.273. The molecule has 0 amide bonds. The number of aromatic nitrogens is 2. The molecule has 2 aromatic rings. The Kier molecular flexibility index (Phi) is 2.52. The van der Waals surface area contributed by atoms with E-state index in [0.29, 0.717) is 11.4 Å². The Labute approximate surface area is 105 Å². The van der Waals surface area contributed by atoms with Crippen LogP contribution in [0.1, 0.15) is 6.04 Å². The third-order valence-corrected chi connectivity index (χ3v) is 4.43. The molecule has 0 spiro atoms. The maximum absolute atomic E-state index is 12.2. The lowest BCUT2D eigenvalue weighted by Crippen LogP contribution is -2.32. The number of pyridine rings is 2. The van der Waals surface area contributed by atoms with Crippen LogP contribution in [0.2, 0.25) is 0 Å². The summed E-state index contributed by atoms with van der Waals surface area (Å²) in [5, 5.41) is 0.689. The van der Waals surface area contributed by atoms with E-state index >= 15 is 0 Å². The van der Waals surface area contributed by atoms with Crippen molar-refractivity contribution in [2.75, 3.05) is 11.5 Å². The first-order valence-corrected chi connectivity index (χ1v) is 6.94. The van der Waals surface area contributed by atoms with Crippen LogP contribution in [0.5, 0.6) is 0 Å². The average Bonchev–Trinajstić information content (AvgIpc) is 2.20. The molecule has 1 fully saturated rings. The van der Waals surface area contributed by atoms with Crippen molar-refractivity contribution in [2.24, 2.45) is 0 Å². The number of hydrogen-bond acceptors (Lipinski definition) is 3. The molecule has 0 bridgehead atoms. The third kappa shape index (κ3) is 1.58. The zero-order chi connectivity index (χ0) is 11.1. The van der Waals surface area contributed by atoms with Gasteiger partial charge >= 0.3 is 0 Å². The third-order valence-electron chi connectivity index (χ3n) is 2.76. The molecule has 2 aromatic heterocycles. The number of rotatable bonds is 1. The van der Waals surface area contributed by atoms with Crippen molar-refractivity contribution in [3.63, 3.8) is 0 Å². The molecule has 0 saturated carbocycles. The number of thioether (sulfide) groups is 1. The summed E-state index contributed by atoms with van der Waals surface area (Å²) in [4.78, 5) is 16.4. The van der Waals surface area contributed by atoms with Gasteiger partial charge in [-0.05, 0) is 28.1 Å². The lowest BCUT2D eigenvalue weighted by atomic mass is 10.2. The van der Waals surface area contributed by atoms with Crippen LogP contribution in [0.15, 0.2) is 33.8 Å². The minimum absolute atomic E-state index is 0.0663. The molecule has 0 atom stereocenters. The van der Waals surface area contributed by atoms with Gasteiger partial charge in [-0.1, -0.05) is 0 Å². The molecule has 1 aliphatic heterocycles. The Morgan fingerprint density at radius 1 is 1.50 bits per heavy atom. The van der Waals surface area contributed by atoms with Crippen LogP contribution in [0.25, 0.3) is 10.9 Å². The summed E-state index contributed by atoms with van der Waals surface area (Å²) >= 11 is 5.22. The molecule has 3 heterocycles. The van der Waals surface area contributed by atoms with E-state index in [1.54, 1.807) is 6.20 Å².